The summed E-state index contributed by atoms with van der Waals surface area (Å²) in [4.78, 5) is 0.384. The van der Waals surface area contributed by atoms with E-state index >= 15 is 0 Å². The average molecular weight is 309 g/mol. The van der Waals surface area contributed by atoms with Crippen molar-refractivity contribution >= 4 is 10.0 Å². The van der Waals surface area contributed by atoms with Gasteiger partial charge in [-0.15, -0.1) is 0 Å². The van der Waals surface area contributed by atoms with Crippen molar-refractivity contribution in [1.29, 1.82) is 0 Å². The molecule has 1 aromatic carbocycles. The minimum absolute atomic E-state index is 0.0468. The third-order valence-corrected chi connectivity index (χ3v) is 6.17. The van der Waals surface area contributed by atoms with Crippen molar-refractivity contribution in [3.63, 3.8) is 0 Å². The third-order valence-electron chi connectivity index (χ3n) is 4.65. The lowest BCUT2D eigenvalue weighted by Crippen LogP contribution is -2.38. The zero-order chi connectivity index (χ0) is 14.9. The maximum Gasteiger partial charge on any atom is 0.240 e. The SMILES string of the molecule is O=S(=O)(NC1CCC(O)CC1)c1ccc2c(c1)CCCC2. The van der Waals surface area contributed by atoms with Gasteiger partial charge in [0.05, 0.1) is 11.0 Å². The largest absolute Gasteiger partial charge is 0.393 e. The van der Waals surface area contributed by atoms with Gasteiger partial charge in [0.15, 0.2) is 0 Å². The van der Waals surface area contributed by atoms with Crippen molar-refractivity contribution in [3.05, 3.63) is 29.3 Å². The van der Waals surface area contributed by atoms with E-state index in [4.69, 9.17) is 0 Å². The molecule has 0 saturated heterocycles. The van der Waals surface area contributed by atoms with Crippen LogP contribution in [0.4, 0.5) is 0 Å². The number of hydrogen-bond donors (Lipinski definition) is 2. The first kappa shape index (κ1) is 15.0. The zero-order valence-corrected chi connectivity index (χ0v) is 13.0. The number of aliphatic hydroxyl groups is 1. The lowest BCUT2D eigenvalue weighted by Gasteiger charge is -2.26. The van der Waals surface area contributed by atoms with Crippen molar-refractivity contribution in [3.8, 4) is 0 Å². The molecule has 2 N–H and O–H groups in total. The van der Waals surface area contributed by atoms with Gasteiger partial charge < -0.3 is 5.11 Å². The Hall–Kier alpha value is -0.910. The Morgan fingerprint density at radius 2 is 1.67 bits per heavy atom. The molecule has 0 radical (unpaired) electrons. The Bertz CT molecular complexity index is 604. The highest BCUT2D eigenvalue weighted by atomic mass is 32.2. The topological polar surface area (TPSA) is 66.4 Å². The van der Waals surface area contributed by atoms with E-state index in [1.807, 2.05) is 12.1 Å². The number of aryl methyl sites for hydroxylation is 2. The molecule has 0 atom stereocenters. The molecule has 1 saturated carbocycles. The summed E-state index contributed by atoms with van der Waals surface area (Å²) in [6, 6.07) is 5.49. The summed E-state index contributed by atoms with van der Waals surface area (Å²) in [5.74, 6) is 0. The van der Waals surface area contributed by atoms with Crippen LogP contribution in [-0.4, -0.2) is 25.7 Å². The molecule has 1 aromatic rings. The summed E-state index contributed by atoms with van der Waals surface area (Å²) in [5.41, 5.74) is 2.48. The minimum Gasteiger partial charge on any atom is -0.393 e. The second-order valence-electron chi connectivity index (χ2n) is 6.26. The van der Waals surface area contributed by atoms with Crippen LogP contribution in [0.25, 0.3) is 0 Å². The number of fused-ring (bicyclic) bond motifs is 1. The maximum absolute atomic E-state index is 12.5. The first-order valence-electron chi connectivity index (χ1n) is 7.87. The Kier molecular flexibility index (Phi) is 4.33. The smallest absolute Gasteiger partial charge is 0.240 e. The molecular formula is C16H23NO3S. The fourth-order valence-corrected chi connectivity index (χ4v) is 4.71. The monoisotopic (exact) mass is 309 g/mol. The van der Waals surface area contributed by atoms with Gasteiger partial charge in [0.1, 0.15) is 0 Å². The molecule has 5 heteroatoms. The van der Waals surface area contributed by atoms with Crippen molar-refractivity contribution in [2.24, 2.45) is 0 Å². The molecule has 2 aliphatic rings. The second-order valence-corrected chi connectivity index (χ2v) is 7.98. The van der Waals surface area contributed by atoms with Crippen LogP contribution in [0.15, 0.2) is 23.1 Å². The fourth-order valence-electron chi connectivity index (χ4n) is 3.36. The molecule has 2 aliphatic carbocycles. The molecule has 0 amide bonds. The molecule has 21 heavy (non-hydrogen) atoms. The van der Waals surface area contributed by atoms with Gasteiger partial charge in [0.25, 0.3) is 0 Å². The van der Waals surface area contributed by atoms with Crippen molar-refractivity contribution in [2.45, 2.75) is 68.4 Å². The van der Waals surface area contributed by atoms with Gasteiger partial charge in [-0.1, -0.05) is 6.07 Å². The highest BCUT2D eigenvalue weighted by Crippen LogP contribution is 2.25. The van der Waals surface area contributed by atoms with Gasteiger partial charge >= 0.3 is 0 Å². The zero-order valence-electron chi connectivity index (χ0n) is 12.2. The van der Waals surface area contributed by atoms with Crippen LogP contribution >= 0.6 is 0 Å². The van der Waals surface area contributed by atoms with E-state index in [0.29, 0.717) is 30.6 Å². The predicted octanol–water partition coefficient (Wildman–Crippen LogP) is 2.15. The molecule has 0 bridgehead atoms. The first-order chi connectivity index (χ1) is 10.0. The summed E-state index contributed by atoms with van der Waals surface area (Å²) >= 11 is 0. The highest BCUT2D eigenvalue weighted by molar-refractivity contribution is 7.89. The molecule has 116 valence electrons. The highest BCUT2D eigenvalue weighted by Gasteiger charge is 2.25. The number of hydrogen-bond acceptors (Lipinski definition) is 3. The standard InChI is InChI=1S/C16H23NO3S/c18-15-8-6-14(7-9-15)17-21(19,20)16-10-5-12-3-1-2-4-13(12)11-16/h5,10-11,14-15,17-18H,1-4,6-9H2. The van der Waals surface area contributed by atoms with E-state index in [1.54, 1.807) is 6.07 Å². The maximum atomic E-state index is 12.5. The number of sulfonamides is 1. The van der Waals surface area contributed by atoms with E-state index in [9.17, 15) is 13.5 Å². The summed E-state index contributed by atoms with van der Waals surface area (Å²) < 4.78 is 27.8. The van der Waals surface area contributed by atoms with Crippen LogP contribution in [0.3, 0.4) is 0 Å². The number of benzene rings is 1. The van der Waals surface area contributed by atoms with Crippen LogP contribution in [0.1, 0.15) is 49.7 Å². The summed E-state index contributed by atoms with van der Waals surface area (Å²) in [6.07, 6.45) is 6.89. The summed E-state index contributed by atoms with van der Waals surface area (Å²) in [5, 5.41) is 9.50. The Labute approximate surface area is 126 Å². The predicted molar refractivity (Wildman–Crippen MR) is 81.7 cm³/mol. The summed E-state index contributed by atoms with van der Waals surface area (Å²) in [6.45, 7) is 0. The van der Waals surface area contributed by atoms with Crippen LogP contribution in [-0.2, 0) is 22.9 Å². The number of nitrogens with one attached hydrogen (secondary N) is 1. The van der Waals surface area contributed by atoms with Crippen LogP contribution in [0.2, 0.25) is 0 Å². The molecule has 0 unspecified atom stereocenters. The van der Waals surface area contributed by atoms with Crippen LogP contribution < -0.4 is 4.72 Å². The van der Waals surface area contributed by atoms with Gasteiger partial charge in [-0.25, -0.2) is 13.1 Å². The Morgan fingerprint density at radius 3 is 2.38 bits per heavy atom. The molecule has 1 fully saturated rings. The number of rotatable bonds is 3. The quantitative estimate of drug-likeness (QED) is 0.899. The fraction of sp³-hybridized carbons (Fsp3) is 0.625. The number of aliphatic hydroxyl groups excluding tert-OH is 1. The molecule has 4 nitrogen and oxygen atoms in total. The first-order valence-corrected chi connectivity index (χ1v) is 9.35. The van der Waals surface area contributed by atoms with Gasteiger partial charge in [0, 0.05) is 6.04 Å². The molecular weight excluding hydrogens is 286 g/mol. The second kappa shape index (κ2) is 6.07. The van der Waals surface area contributed by atoms with E-state index in [2.05, 4.69) is 4.72 Å². The van der Waals surface area contributed by atoms with Gasteiger partial charge in [-0.05, 0) is 74.6 Å². The van der Waals surface area contributed by atoms with Gasteiger partial charge in [-0.3, -0.25) is 0 Å². The molecule has 0 heterocycles. The van der Waals surface area contributed by atoms with Gasteiger partial charge in [-0.2, -0.15) is 0 Å². The molecule has 0 aromatic heterocycles. The van der Waals surface area contributed by atoms with Crippen molar-refractivity contribution < 1.29 is 13.5 Å². The van der Waals surface area contributed by atoms with Crippen molar-refractivity contribution in [2.75, 3.05) is 0 Å². The average Bonchev–Trinajstić information content (AvgIpc) is 2.49. The normalized spacial score (nSPS) is 26.3. The Balaban J connectivity index is 1.75. The van der Waals surface area contributed by atoms with Crippen LogP contribution in [0, 0.1) is 0 Å². The van der Waals surface area contributed by atoms with Gasteiger partial charge in [0.2, 0.25) is 10.0 Å². The molecule has 0 aliphatic heterocycles. The van der Waals surface area contributed by atoms with Crippen LogP contribution in [0.5, 0.6) is 0 Å². The van der Waals surface area contributed by atoms with Crippen molar-refractivity contribution in [1.82, 2.24) is 4.72 Å². The molecule has 3 rings (SSSR count). The lowest BCUT2D eigenvalue weighted by molar-refractivity contribution is 0.120. The Morgan fingerprint density at radius 1 is 1.00 bits per heavy atom. The summed E-state index contributed by atoms with van der Waals surface area (Å²) in [7, 11) is -3.44. The minimum atomic E-state index is -3.44. The van der Waals surface area contributed by atoms with E-state index in [-0.39, 0.29) is 12.1 Å². The third kappa shape index (κ3) is 3.47. The lowest BCUT2D eigenvalue weighted by atomic mass is 9.92. The van der Waals surface area contributed by atoms with E-state index in [0.717, 1.165) is 19.3 Å². The molecule has 0 spiro atoms. The van der Waals surface area contributed by atoms with E-state index < -0.39 is 10.0 Å². The van der Waals surface area contributed by atoms with E-state index in [1.165, 1.54) is 17.5 Å².